The van der Waals surface area contributed by atoms with Crippen molar-refractivity contribution in [1.29, 1.82) is 0 Å². The molecule has 1 heterocycles. The zero-order valence-electron chi connectivity index (χ0n) is 13.7. The van der Waals surface area contributed by atoms with Gasteiger partial charge in [-0.1, -0.05) is 12.1 Å². The van der Waals surface area contributed by atoms with Crippen LogP contribution in [0.25, 0.3) is 0 Å². The molecule has 1 aliphatic rings. The molecule has 0 amide bonds. The molecule has 1 fully saturated rings. The van der Waals surface area contributed by atoms with Gasteiger partial charge in [0.05, 0.1) is 39.1 Å². The summed E-state index contributed by atoms with van der Waals surface area (Å²) in [7, 11) is 1.65. The molecule has 0 aliphatic carbocycles. The fraction of sp³-hybridized carbons (Fsp3) is 0.647. The van der Waals surface area contributed by atoms with Gasteiger partial charge in [0.2, 0.25) is 0 Å². The zero-order valence-corrected chi connectivity index (χ0v) is 13.7. The molecule has 1 aromatic carbocycles. The summed E-state index contributed by atoms with van der Waals surface area (Å²) in [6, 6.07) is 8.10. The molecule has 0 spiro atoms. The van der Waals surface area contributed by atoms with Gasteiger partial charge in [-0.2, -0.15) is 0 Å². The summed E-state index contributed by atoms with van der Waals surface area (Å²) in [5, 5.41) is 10.1. The van der Waals surface area contributed by atoms with E-state index in [4.69, 9.17) is 14.2 Å². The molecule has 5 nitrogen and oxygen atoms in total. The maximum Gasteiger partial charge on any atom is 0.118 e. The number of β-amino-alcohol motifs (C(OH)–C–C–N with tert-alkyl or cyclic N) is 1. The predicted octanol–water partition coefficient (Wildman–Crippen LogP) is 1.68. The fourth-order valence-electron chi connectivity index (χ4n) is 2.58. The van der Waals surface area contributed by atoms with E-state index in [1.807, 2.05) is 24.3 Å². The maximum absolute atomic E-state index is 10.1. The molecule has 2 rings (SSSR count). The Labute approximate surface area is 132 Å². The normalized spacial score (nSPS) is 24.2. The van der Waals surface area contributed by atoms with Crippen LogP contribution >= 0.6 is 0 Å². The van der Waals surface area contributed by atoms with Gasteiger partial charge in [-0.05, 0) is 31.5 Å². The molecule has 1 saturated heterocycles. The van der Waals surface area contributed by atoms with Crippen LogP contribution in [0.15, 0.2) is 24.3 Å². The first-order valence-corrected chi connectivity index (χ1v) is 7.83. The van der Waals surface area contributed by atoms with Crippen molar-refractivity contribution in [1.82, 2.24) is 4.90 Å². The molecule has 0 saturated carbocycles. The van der Waals surface area contributed by atoms with Gasteiger partial charge in [0, 0.05) is 19.1 Å². The van der Waals surface area contributed by atoms with E-state index in [2.05, 4.69) is 18.7 Å². The summed E-state index contributed by atoms with van der Waals surface area (Å²) in [6.45, 7) is 7.22. The molecular formula is C17H27NO4. The Morgan fingerprint density at radius 2 is 2.05 bits per heavy atom. The molecule has 0 radical (unpaired) electrons. The lowest BCUT2D eigenvalue weighted by molar-refractivity contribution is -0.0712. The highest BCUT2D eigenvalue weighted by molar-refractivity contribution is 5.26. The van der Waals surface area contributed by atoms with Crippen molar-refractivity contribution in [3.8, 4) is 5.75 Å². The number of ether oxygens (including phenoxy) is 3. The van der Waals surface area contributed by atoms with Crippen LogP contribution < -0.4 is 4.74 Å². The Balaban J connectivity index is 1.69. The number of methoxy groups -OCH3 is 1. The monoisotopic (exact) mass is 309 g/mol. The van der Waals surface area contributed by atoms with Gasteiger partial charge in [0.25, 0.3) is 0 Å². The van der Waals surface area contributed by atoms with Crippen LogP contribution in [0.2, 0.25) is 0 Å². The molecule has 0 aromatic heterocycles. The maximum atomic E-state index is 10.1. The van der Waals surface area contributed by atoms with Crippen molar-refractivity contribution in [3.63, 3.8) is 0 Å². The first kappa shape index (κ1) is 17.2. The lowest BCUT2D eigenvalue weighted by Crippen LogP contribution is -2.50. The van der Waals surface area contributed by atoms with Crippen LogP contribution in [0.3, 0.4) is 0 Å². The van der Waals surface area contributed by atoms with E-state index in [0.717, 1.165) is 24.5 Å². The molecule has 22 heavy (non-hydrogen) atoms. The standard InChI is InChI=1S/C17H27NO4/c1-13-10-22-14(2)8-18(13)9-16(19)12-21-11-15-4-6-17(20-3)7-5-15/h4-7,13-14,16,19H,8-12H2,1-3H3. The first-order valence-electron chi connectivity index (χ1n) is 7.83. The summed E-state index contributed by atoms with van der Waals surface area (Å²) < 4.78 is 16.3. The van der Waals surface area contributed by atoms with Gasteiger partial charge in [0.15, 0.2) is 0 Å². The Kier molecular flexibility index (Phi) is 6.64. The van der Waals surface area contributed by atoms with Gasteiger partial charge >= 0.3 is 0 Å². The average molecular weight is 309 g/mol. The number of hydrogen-bond acceptors (Lipinski definition) is 5. The molecule has 3 atom stereocenters. The van der Waals surface area contributed by atoms with Crippen LogP contribution in [0, 0.1) is 0 Å². The van der Waals surface area contributed by atoms with Crippen molar-refractivity contribution in [3.05, 3.63) is 29.8 Å². The van der Waals surface area contributed by atoms with Crippen LogP contribution in [0.4, 0.5) is 0 Å². The largest absolute Gasteiger partial charge is 0.497 e. The Morgan fingerprint density at radius 3 is 2.73 bits per heavy atom. The van der Waals surface area contributed by atoms with E-state index in [0.29, 0.717) is 25.8 Å². The highest BCUT2D eigenvalue weighted by Crippen LogP contribution is 2.13. The summed E-state index contributed by atoms with van der Waals surface area (Å²) in [6.07, 6.45) is -0.255. The third-order valence-corrected chi connectivity index (χ3v) is 3.92. The number of rotatable bonds is 7. The minimum Gasteiger partial charge on any atom is -0.497 e. The van der Waals surface area contributed by atoms with Gasteiger partial charge in [0.1, 0.15) is 5.75 Å². The minimum atomic E-state index is -0.481. The molecule has 5 heteroatoms. The van der Waals surface area contributed by atoms with E-state index in [-0.39, 0.29) is 6.10 Å². The lowest BCUT2D eigenvalue weighted by Gasteiger charge is -2.37. The number of benzene rings is 1. The highest BCUT2D eigenvalue weighted by Gasteiger charge is 2.25. The Hall–Kier alpha value is -1.14. The average Bonchev–Trinajstić information content (AvgIpc) is 2.51. The van der Waals surface area contributed by atoms with Crippen molar-refractivity contribution < 1.29 is 19.3 Å². The highest BCUT2D eigenvalue weighted by atomic mass is 16.5. The molecule has 3 unspecified atom stereocenters. The van der Waals surface area contributed by atoms with Crippen LogP contribution in [-0.4, -0.2) is 61.7 Å². The van der Waals surface area contributed by atoms with Crippen LogP contribution in [0.5, 0.6) is 5.75 Å². The summed E-state index contributed by atoms with van der Waals surface area (Å²) >= 11 is 0. The number of hydrogen-bond donors (Lipinski definition) is 1. The molecule has 0 bridgehead atoms. The predicted molar refractivity (Wildman–Crippen MR) is 85.1 cm³/mol. The quantitative estimate of drug-likeness (QED) is 0.830. The summed E-state index contributed by atoms with van der Waals surface area (Å²) in [4.78, 5) is 2.26. The van der Waals surface area contributed by atoms with Gasteiger partial charge in [-0.3, -0.25) is 4.90 Å². The second-order valence-electron chi connectivity index (χ2n) is 5.96. The molecular weight excluding hydrogens is 282 g/mol. The minimum absolute atomic E-state index is 0.226. The smallest absolute Gasteiger partial charge is 0.118 e. The number of morpholine rings is 1. The number of nitrogens with zero attached hydrogens (tertiary/aromatic N) is 1. The summed E-state index contributed by atoms with van der Waals surface area (Å²) in [5.74, 6) is 0.833. The zero-order chi connectivity index (χ0) is 15.9. The Bertz CT molecular complexity index is 437. The van der Waals surface area contributed by atoms with Gasteiger partial charge in [-0.15, -0.1) is 0 Å². The second-order valence-corrected chi connectivity index (χ2v) is 5.96. The summed E-state index contributed by atoms with van der Waals surface area (Å²) in [5.41, 5.74) is 1.07. The SMILES string of the molecule is COc1ccc(COCC(O)CN2CC(C)OCC2C)cc1. The lowest BCUT2D eigenvalue weighted by atomic mass is 10.2. The van der Waals surface area contributed by atoms with Crippen molar-refractivity contribution in [2.75, 3.05) is 33.4 Å². The van der Waals surface area contributed by atoms with Crippen molar-refractivity contribution in [2.45, 2.75) is 38.7 Å². The Morgan fingerprint density at radius 1 is 1.32 bits per heavy atom. The second kappa shape index (κ2) is 8.48. The van der Waals surface area contributed by atoms with Crippen molar-refractivity contribution >= 4 is 0 Å². The molecule has 1 aliphatic heterocycles. The van der Waals surface area contributed by atoms with E-state index in [1.54, 1.807) is 7.11 Å². The number of aliphatic hydroxyl groups is 1. The van der Waals surface area contributed by atoms with E-state index in [1.165, 1.54) is 0 Å². The molecule has 1 N–H and O–H groups in total. The van der Waals surface area contributed by atoms with Crippen LogP contribution in [0.1, 0.15) is 19.4 Å². The van der Waals surface area contributed by atoms with Gasteiger partial charge in [-0.25, -0.2) is 0 Å². The molecule has 1 aromatic rings. The van der Waals surface area contributed by atoms with Crippen molar-refractivity contribution in [2.24, 2.45) is 0 Å². The first-order chi connectivity index (χ1) is 10.6. The third-order valence-electron chi connectivity index (χ3n) is 3.92. The van der Waals surface area contributed by atoms with E-state index < -0.39 is 6.10 Å². The number of aliphatic hydroxyl groups excluding tert-OH is 1. The van der Waals surface area contributed by atoms with E-state index in [9.17, 15) is 5.11 Å². The third kappa shape index (κ3) is 5.25. The van der Waals surface area contributed by atoms with Gasteiger partial charge < -0.3 is 19.3 Å². The topological polar surface area (TPSA) is 51.2 Å². The van der Waals surface area contributed by atoms with Crippen LogP contribution in [-0.2, 0) is 16.1 Å². The molecule has 124 valence electrons. The van der Waals surface area contributed by atoms with E-state index >= 15 is 0 Å². The fourth-order valence-corrected chi connectivity index (χ4v) is 2.58.